The van der Waals surface area contributed by atoms with Crippen molar-refractivity contribution in [2.24, 2.45) is 5.41 Å². The van der Waals surface area contributed by atoms with Gasteiger partial charge in [-0.05, 0) is 18.8 Å². The van der Waals surface area contributed by atoms with Crippen molar-refractivity contribution < 1.29 is 19.1 Å². The number of carbonyl (C=O) groups is 2. The molecule has 0 aliphatic heterocycles. The maximum Gasteiger partial charge on any atom is 0.410 e. The Balaban J connectivity index is 3.62. The lowest BCUT2D eigenvalue weighted by Gasteiger charge is -2.25. The summed E-state index contributed by atoms with van der Waals surface area (Å²) in [6, 6.07) is -0.639. The summed E-state index contributed by atoms with van der Waals surface area (Å²) in [6.45, 7) is 10.7. The third kappa shape index (κ3) is 16.5. The first-order chi connectivity index (χ1) is 14.2. The van der Waals surface area contributed by atoms with Crippen LogP contribution in [0.5, 0.6) is 0 Å². The van der Waals surface area contributed by atoms with E-state index in [1.807, 2.05) is 20.8 Å². The number of likely N-dealkylation sites (N-methyl/N-ethyl adjacent to an activating group) is 1. The van der Waals surface area contributed by atoms with Gasteiger partial charge in [0.1, 0.15) is 6.04 Å². The fourth-order valence-corrected chi connectivity index (χ4v) is 3.11. The fraction of sp³-hybridized carbons (Fsp3) is 0.920. The summed E-state index contributed by atoms with van der Waals surface area (Å²) < 4.78 is 10.6. The average molecular weight is 428 g/mol. The van der Waals surface area contributed by atoms with Crippen molar-refractivity contribution >= 4 is 12.1 Å². The van der Waals surface area contributed by atoms with Gasteiger partial charge in [0.25, 0.3) is 0 Å². The van der Waals surface area contributed by atoms with Crippen LogP contribution in [-0.4, -0.2) is 43.3 Å². The molecule has 0 aliphatic carbocycles. The number of amides is 1. The molecule has 0 heterocycles. The molecule has 0 rings (SSSR count). The molecule has 0 aromatic carbocycles. The van der Waals surface area contributed by atoms with Crippen LogP contribution in [0.25, 0.3) is 0 Å². The van der Waals surface area contributed by atoms with Gasteiger partial charge in [-0.15, -0.1) is 0 Å². The smallest absolute Gasteiger partial charge is 0.410 e. The van der Waals surface area contributed by atoms with Gasteiger partial charge >= 0.3 is 12.1 Å². The Morgan fingerprint density at radius 1 is 0.767 bits per heavy atom. The third-order valence-electron chi connectivity index (χ3n) is 5.33. The first-order valence-electron chi connectivity index (χ1n) is 12.2. The van der Waals surface area contributed by atoms with E-state index in [0.717, 1.165) is 12.8 Å². The van der Waals surface area contributed by atoms with Gasteiger partial charge in [-0.3, -0.25) is 4.90 Å². The SMILES string of the molecule is CCCCCCCCCCCCCCCOC(=O)C(C)N(C)C(=O)OCC(C)(C)C. The lowest BCUT2D eigenvalue weighted by molar-refractivity contribution is -0.148. The lowest BCUT2D eigenvalue weighted by atomic mass is 9.99. The van der Waals surface area contributed by atoms with E-state index in [1.54, 1.807) is 14.0 Å². The Labute approximate surface area is 186 Å². The largest absolute Gasteiger partial charge is 0.464 e. The van der Waals surface area contributed by atoms with Gasteiger partial charge in [-0.2, -0.15) is 0 Å². The maximum atomic E-state index is 12.1. The van der Waals surface area contributed by atoms with Crippen LogP contribution >= 0.6 is 0 Å². The van der Waals surface area contributed by atoms with Gasteiger partial charge in [0.2, 0.25) is 0 Å². The van der Waals surface area contributed by atoms with Gasteiger partial charge in [0.15, 0.2) is 0 Å². The molecule has 1 amide bonds. The van der Waals surface area contributed by atoms with Crippen LogP contribution in [-0.2, 0) is 14.3 Å². The molecule has 0 N–H and O–H groups in total. The number of ether oxygens (including phenoxy) is 2. The normalized spacial score (nSPS) is 12.5. The van der Waals surface area contributed by atoms with Gasteiger partial charge in [0.05, 0.1) is 13.2 Å². The van der Waals surface area contributed by atoms with E-state index in [-0.39, 0.29) is 11.4 Å². The highest BCUT2D eigenvalue weighted by molar-refractivity contribution is 5.80. The summed E-state index contributed by atoms with van der Waals surface area (Å²) in [5.41, 5.74) is -0.103. The number of carbonyl (C=O) groups excluding carboxylic acids is 2. The van der Waals surface area contributed by atoms with Crippen molar-refractivity contribution in [3.05, 3.63) is 0 Å². The van der Waals surface area contributed by atoms with Crippen molar-refractivity contribution in [2.45, 2.75) is 124 Å². The average Bonchev–Trinajstić information content (AvgIpc) is 2.70. The Morgan fingerprint density at radius 3 is 1.63 bits per heavy atom. The highest BCUT2D eigenvalue weighted by Crippen LogP contribution is 2.15. The molecule has 0 aromatic heterocycles. The van der Waals surface area contributed by atoms with Crippen molar-refractivity contribution in [3.8, 4) is 0 Å². The number of hydrogen-bond donors (Lipinski definition) is 0. The van der Waals surface area contributed by atoms with Gasteiger partial charge in [0, 0.05) is 7.05 Å². The van der Waals surface area contributed by atoms with Crippen LogP contribution < -0.4 is 0 Å². The second kappa shape index (κ2) is 17.4. The van der Waals surface area contributed by atoms with E-state index in [0.29, 0.717) is 13.2 Å². The summed E-state index contributed by atoms with van der Waals surface area (Å²) in [5.74, 6) is -0.371. The fourth-order valence-electron chi connectivity index (χ4n) is 3.11. The summed E-state index contributed by atoms with van der Waals surface area (Å²) in [7, 11) is 1.57. The zero-order valence-corrected chi connectivity index (χ0v) is 20.8. The maximum absolute atomic E-state index is 12.1. The van der Waals surface area contributed by atoms with E-state index in [2.05, 4.69) is 6.92 Å². The van der Waals surface area contributed by atoms with Crippen LogP contribution in [0.3, 0.4) is 0 Å². The van der Waals surface area contributed by atoms with E-state index in [4.69, 9.17) is 9.47 Å². The monoisotopic (exact) mass is 427 g/mol. The van der Waals surface area contributed by atoms with E-state index >= 15 is 0 Å². The van der Waals surface area contributed by atoms with Crippen LogP contribution in [0, 0.1) is 5.41 Å². The number of rotatable bonds is 17. The van der Waals surface area contributed by atoms with E-state index < -0.39 is 12.1 Å². The van der Waals surface area contributed by atoms with Crippen LogP contribution in [0.2, 0.25) is 0 Å². The number of nitrogens with zero attached hydrogens (tertiary/aromatic N) is 1. The predicted octanol–water partition coefficient (Wildman–Crippen LogP) is 7.12. The minimum Gasteiger partial charge on any atom is -0.464 e. The highest BCUT2D eigenvalue weighted by atomic mass is 16.6. The molecule has 5 nitrogen and oxygen atoms in total. The molecule has 0 fully saturated rings. The number of esters is 1. The molecule has 0 radical (unpaired) electrons. The summed E-state index contributed by atoms with van der Waals surface area (Å²) in [5, 5.41) is 0. The molecule has 0 bridgehead atoms. The Hall–Kier alpha value is -1.26. The molecule has 30 heavy (non-hydrogen) atoms. The van der Waals surface area contributed by atoms with Crippen molar-refractivity contribution in [1.29, 1.82) is 0 Å². The zero-order valence-electron chi connectivity index (χ0n) is 20.8. The Bertz CT molecular complexity index is 445. The van der Waals surface area contributed by atoms with Crippen molar-refractivity contribution in [3.63, 3.8) is 0 Å². The first kappa shape index (κ1) is 28.7. The van der Waals surface area contributed by atoms with Crippen molar-refractivity contribution in [1.82, 2.24) is 4.90 Å². The van der Waals surface area contributed by atoms with Crippen molar-refractivity contribution in [2.75, 3.05) is 20.3 Å². The summed E-state index contributed by atoms with van der Waals surface area (Å²) >= 11 is 0. The topological polar surface area (TPSA) is 55.8 Å². The van der Waals surface area contributed by atoms with E-state index in [1.165, 1.54) is 75.5 Å². The Kier molecular flexibility index (Phi) is 16.7. The second-order valence-corrected chi connectivity index (χ2v) is 9.81. The molecule has 0 aromatic rings. The number of hydrogen-bond acceptors (Lipinski definition) is 4. The standard InChI is InChI=1S/C25H49NO4/c1-7-8-9-10-11-12-13-14-15-16-17-18-19-20-29-23(27)22(2)26(6)24(28)30-21-25(3,4)5/h22H,7-21H2,1-6H3. The lowest BCUT2D eigenvalue weighted by Crippen LogP contribution is -2.42. The quantitative estimate of drug-likeness (QED) is 0.183. The molecule has 0 spiro atoms. The minimum absolute atomic E-state index is 0.103. The molecule has 0 aliphatic rings. The van der Waals surface area contributed by atoms with Crippen LogP contribution in [0.4, 0.5) is 4.79 Å². The molecule has 1 atom stereocenters. The number of unbranched alkanes of at least 4 members (excludes halogenated alkanes) is 12. The van der Waals surface area contributed by atoms with Gasteiger partial charge < -0.3 is 9.47 Å². The van der Waals surface area contributed by atoms with Crippen LogP contribution in [0.1, 0.15) is 118 Å². The van der Waals surface area contributed by atoms with Gasteiger partial charge in [-0.25, -0.2) is 9.59 Å². The summed E-state index contributed by atoms with van der Waals surface area (Å²) in [4.78, 5) is 25.5. The molecular formula is C25H49NO4. The second-order valence-electron chi connectivity index (χ2n) is 9.81. The molecular weight excluding hydrogens is 378 g/mol. The van der Waals surface area contributed by atoms with Crippen LogP contribution in [0.15, 0.2) is 0 Å². The zero-order chi connectivity index (χ0) is 22.8. The first-order valence-corrected chi connectivity index (χ1v) is 12.2. The highest BCUT2D eigenvalue weighted by Gasteiger charge is 2.25. The summed E-state index contributed by atoms with van der Waals surface area (Å²) in [6.07, 6.45) is 16.3. The Morgan fingerprint density at radius 2 is 1.20 bits per heavy atom. The minimum atomic E-state index is -0.639. The third-order valence-corrected chi connectivity index (χ3v) is 5.33. The van der Waals surface area contributed by atoms with E-state index in [9.17, 15) is 9.59 Å². The van der Waals surface area contributed by atoms with Gasteiger partial charge in [-0.1, -0.05) is 105 Å². The molecule has 0 saturated carbocycles. The molecule has 5 heteroatoms. The molecule has 1 unspecified atom stereocenters. The molecule has 178 valence electrons. The molecule has 0 saturated heterocycles. The predicted molar refractivity (Wildman–Crippen MR) is 125 cm³/mol.